The van der Waals surface area contributed by atoms with E-state index in [-0.39, 0.29) is 10.9 Å². The van der Waals surface area contributed by atoms with Gasteiger partial charge >= 0.3 is 0 Å². The van der Waals surface area contributed by atoms with E-state index in [0.717, 1.165) is 11.1 Å². The number of carbonyl (C=O) groups is 1. The Bertz CT molecular complexity index is 638. The number of rotatable bonds is 5. The number of hydrogen-bond acceptors (Lipinski definition) is 3. The molecule has 110 valence electrons. The van der Waals surface area contributed by atoms with Crippen LogP contribution in [0.2, 0.25) is 0 Å². The zero-order chi connectivity index (χ0) is 15.4. The summed E-state index contributed by atoms with van der Waals surface area (Å²) in [7, 11) is 3.58. The number of amides is 1. The lowest BCUT2D eigenvalue weighted by Crippen LogP contribution is -2.37. The lowest BCUT2D eigenvalue weighted by Gasteiger charge is -2.23. The van der Waals surface area contributed by atoms with Gasteiger partial charge in [0, 0.05) is 32.4 Å². The zero-order valence-electron chi connectivity index (χ0n) is 12.1. The van der Waals surface area contributed by atoms with Crippen molar-refractivity contribution in [3.05, 3.63) is 53.9 Å². The van der Waals surface area contributed by atoms with E-state index >= 15 is 0 Å². The molecule has 0 aliphatic heterocycles. The summed E-state index contributed by atoms with van der Waals surface area (Å²) in [6.07, 6.45) is 3.62. The number of nitrogens with two attached hydrogens (primary N) is 1. The molecule has 0 saturated carbocycles. The second-order valence-corrected chi connectivity index (χ2v) is 5.43. The predicted molar refractivity (Wildman–Crippen MR) is 85.7 cm³/mol. The number of likely N-dealkylation sites (N-methyl/N-ethyl adjacent to an activating group) is 1. The van der Waals surface area contributed by atoms with Gasteiger partial charge in [0.25, 0.3) is 0 Å². The summed E-state index contributed by atoms with van der Waals surface area (Å²) in [6, 6.07) is 9.35. The SMILES string of the molecule is CN(Cc1cnn(C)c1)C(=O)C(C(N)=S)c1ccccc1. The number of nitrogens with zero attached hydrogens (tertiary/aromatic N) is 3. The quantitative estimate of drug-likeness (QED) is 0.849. The third kappa shape index (κ3) is 3.66. The third-order valence-corrected chi connectivity index (χ3v) is 3.45. The fourth-order valence-corrected chi connectivity index (χ4v) is 2.44. The van der Waals surface area contributed by atoms with E-state index in [1.165, 1.54) is 0 Å². The molecule has 1 amide bonds. The Morgan fingerprint density at radius 1 is 1.43 bits per heavy atom. The Kier molecular flexibility index (Phi) is 4.70. The maximum Gasteiger partial charge on any atom is 0.237 e. The van der Waals surface area contributed by atoms with Crippen molar-refractivity contribution in [2.45, 2.75) is 12.5 Å². The van der Waals surface area contributed by atoms with Gasteiger partial charge in [0.05, 0.1) is 11.2 Å². The summed E-state index contributed by atoms with van der Waals surface area (Å²) in [5.41, 5.74) is 7.55. The Morgan fingerprint density at radius 3 is 2.62 bits per heavy atom. The average Bonchev–Trinajstić information content (AvgIpc) is 2.85. The van der Waals surface area contributed by atoms with Crippen LogP contribution in [0.3, 0.4) is 0 Å². The molecule has 0 radical (unpaired) electrons. The van der Waals surface area contributed by atoms with Crippen LogP contribution in [0.5, 0.6) is 0 Å². The van der Waals surface area contributed by atoms with Gasteiger partial charge in [-0.05, 0) is 5.56 Å². The van der Waals surface area contributed by atoms with Gasteiger partial charge in [0.2, 0.25) is 5.91 Å². The van der Waals surface area contributed by atoms with E-state index in [2.05, 4.69) is 5.10 Å². The molecule has 2 rings (SSSR count). The summed E-state index contributed by atoms with van der Waals surface area (Å²) in [6.45, 7) is 0.471. The number of thiocarbonyl (C=S) groups is 1. The van der Waals surface area contributed by atoms with Gasteiger partial charge in [-0.15, -0.1) is 0 Å². The van der Waals surface area contributed by atoms with Crippen LogP contribution < -0.4 is 5.73 Å². The van der Waals surface area contributed by atoms with Gasteiger partial charge in [-0.1, -0.05) is 42.5 Å². The number of aromatic nitrogens is 2. The van der Waals surface area contributed by atoms with Crippen molar-refractivity contribution in [3.63, 3.8) is 0 Å². The highest BCUT2D eigenvalue weighted by Crippen LogP contribution is 2.19. The zero-order valence-corrected chi connectivity index (χ0v) is 12.9. The topological polar surface area (TPSA) is 64.2 Å². The Morgan fingerprint density at radius 2 is 2.10 bits per heavy atom. The molecule has 0 saturated heterocycles. The molecule has 0 aliphatic carbocycles. The minimum absolute atomic E-state index is 0.113. The van der Waals surface area contributed by atoms with Gasteiger partial charge in [-0.2, -0.15) is 5.10 Å². The monoisotopic (exact) mass is 302 g/mol. The van der Waals surface area contributed by atoms with Crippen molar-refractivity contribution in [1.29, 1.82) is 0 Å². The molecule has 1 aromatic heterocycles. The lowest BCUT2D eigenvalue weighted by atomic mass is 9.97. The van der Waals surface area contributed by atoms with Gasteiger partial charge in [-0.25, -0.2) is 0 Å². The highest BCUT2D eigenvalue weighted by atomic mass is 32.1. The number of aryl methyl sites for hydroxylation is 1. The van der Waals surface area contributed by atoms with E-state index < -0.39 is 5.92 Å². The smallest absolute Gasteiger partial charge is 0.237 e. The first-order chi connectivity index (χ1) is 9.99. The molecule has 0 aliphatic rings. The van der Waals surface area contributed by atoms with Crippen LogP contribution in [0.25, 0.3) is 0 Å². The van der Waals surface area contributed by atoms with Gasteiger partial charge < -0.3 is 10.6 Å². The minimum atomic E-state index is -0.595. The second-order valence-electron chi connectivity index (χ2n) is 4.96. The van der Waals surface area contributed by atoms with Crippen molar-refractivity contribution in [1.82, 2.24) is 14.7 Å². The summed E-state index contributed by atoms with van der Waals surface area (Å²) in [5, 5.41) is 4.10. The van der Waals surface area contributed by atoms with Crippen LogP contribution >= 0.6 is 12.2 Å². The van der Waals surface area contributed by atoms with E-state index in [1.807, 2.05) is 43.6 Å². The molecule has 5 nitrogen and oxygen atoms in total. The van der Waals surface area contributed by atoms with E-state index in [4.69, 9.17) is 18.0 Å². The van der Waals surface area contributed by atoms with Crippen LogP contribution in [0.1, 0.15) is 17.0 Å². The second kappa shape index (κ2) is 6.49. The maximum atomic E-state index is 12.6. The molecule has 2 aromatic rings. The van der Waals surface area contributed by atoms with Crippen molar-refractivity contribution < 1.29 is 4.79 Å². The van der Waals surface area contributed by atoms with Gasteiger partial charge in [0.1, 0.15) is 5.92 Å². The summed E-state index contributed by atoms with van der Waals surface area (Å²) < 4.78 is 1.70. The number of hydrogen-bond donors (Lipinski definition) is 1. The van der Waals surface area contributed by atoms with Crippen LogP contribution in [0.4, 0.5) is 0 Å². The minimum Gasteiger partial charge on any atom is -0.392 e. The Hall–Kier alpha value is -2.21. The van der Waals surface area contributed by atoms with Gasteiger partial charge in [0.15, 0.2) is 0 Å². The van der Waals surface area contributed by atoms with Crippen molar-refractivity contribution in [3.8, 4) is 0 Å². The first-order valence-corrected chi connectivity index (χ1v) is 6.96. The molecule has 21 heavy (non-hydrogen) atoms. The molecular weight excluding hydrogens is 284 g/mol. The standard InChI is InChI=1S/C15H18N4OS/c1-18(9-11-8-17-19(2)10-11)15(20)13(14(16)21)12-6-4-3-5-7-12/h3-8,10,13H,9H2,1-2H3,(H2,16,21). The van der Waals surface area contributed by atoms with Crippen LogP contribution in [-0.2, 0) is 18.4 Å². The summed E-state index contributed by atoms with van der Waals surface area (Å²) in [4.78, 5) is 14.4. The normalized spacial score (nSPS) is 11.9. The lowest BCUT2D eigenvalue weighted by molar-refractivity contribution is -0.130. The Labute approximate surface area is 129 Å². The van der Waals surface area contributed by atoms with Crippen molar-refractivity contribution in [2.24, 2.45) is 12.8 Å². The fourth-order valence-electron chi connectivity index (χ4n) is 2.20. The fraction of sp³-hybridized carbons (Fsp3) is 0.267. The highest BCUT2D eigenvalue weighted by molar-refractivity contribution is 7.80. The first-order valence-electron chi connectivity index (χ1n) is 6.56. The molecule has 1 atom stereocenters. The molecule has 0 fully saturated rings. The molecule has 6 heteroatoms. The number of benzene rings is 1. The molecule has 0 bridgehead atoms. The molecule has 0 spiro atoms. The third-order valence-electron chi connectivity index (χ3n) is 3.22. The van der Waals surface area contributed by atoms with E-state index in [9.17, 15) is 4.79 Å². The maximum absolute atomic E-state index is 12.6. The average molecular weight is 302 g/mol. The largest absolute Gasteiger partial charge is 0.392 e. The Balaban J connectivity index is 2.17. The predicted octanol–water partition coefficient (Wildman–Crippen LogP) is 1.45. The molecular formula is C15H18N4OS. The molecule has 1 unspecified atom stereocenters. The highest BCUT2D eigenvalue weighted by Gasteiger charge is 2.26. The number of carbonyl (C=O) groups excluding carboxylic acids is 1. The van der Waals surface area contributed by atoms with Crippen LogP contribution in [-0.4, -0.2) is 32.6 Å². The van der Waals surface area contributed by atoms with E-state index in [0.29, 0.717) is 6.54 Å². The summed E-state index contributed by atoms with van der Waals surface area (Å²) >= 11 is 5.08. The van der Waals surface area contributed by atoms with Crippen LogP contribution in [0.15, 0.2) is 42.7 Å². The van der Waals surface area contributed by atoms with Crippen LogP contribution in [0, 0.1) is 0 Å². The van der Waals surface area contributed by atoms with Gasteiger partial charge in [-0.3, -0.25) is 9.48 Å². The van der Waals surface area contributed by atoms with E-state index in [1.54, 1.807) is 22.8 Å². The molecule has 1 heterocycles. The molecule has 1 aromatic carbocycles. The molecule has 2 N–H and O–H groups in total. The van der Waals surface area contributed by atoms with Crippen molar-refractivity contribution in [2.75, 3.05) is 7.05 Å². The first kappa shape index (κ1) is 15.2. The van der Waals surface area contributed by atoms with Crippen molar-refractivity contribution >= 4 is 23.1 Å². The summed E-state index contributed by atoms with van der Waals surface area (Å²) in [5.74, 6) is -0.708.